The first-order chi connectivity index (χ1) is 12.6. The highest BCUT2D eigenvalue weighted by Gasteiger charge is 2.09. The lowest BCUT2D eigenvalue weighted by atomic mass is 10.0. The molecule has 4 nitrogen and oxygen atoms in total. The number of rotatable bonds is 8. The van der Waals surface area contributed by atoms with Gasteiger partial charge in [0.2, 0.25) is 0 Å². The topological polar surface area (TPSA) is 58.6 Å². The summed E-state index contributed by atoms with van der Waals surface area (Å²) in [4.78, 5) is 12.4. The lowest BCUT2D eigenvalue weighted by molar-refractivity contribution is 0.104. The van der Waals surface area contributed by atoms with E-state index in [-0.39, 0.29) is 11.5 Å². The van der Waals surface area contributed by atoms with Crippen LogP contribution >= 0.6 is 0 Å². The fraction of sp³-hybridized carbons (Fsp3) is 0.227. The quantitative estimate of drug-likeness (QED) is 0.406. The zero-order valence-corrected chi connectivity index (χ0v) is 15.5. The number of carbonyl (C=O) groups is 1. The molecule has 2 N–H and O–H groups in total. The Morgan fingerprint density at radius 3 is 2.58 bits per heavy atom. The second kappa shape index (κ2) is 9.47. The molecule has 0 aromatic heterocycles. The summed E-state index contributed by atoms with van der Waals surface area (Å²) in [6, 6.07) is 10.8. The van der Waals surface area contributed by atoms with Crippen LogP contribution in [0.1, 0.15) is 35.3 Å². The van der Waals surface area contributed by atoms with Crippen molar-refractivity contribution >= 4 is 17.5 Å². The summed E-state index contributed by atoms with van der Waals surface area (Å²) in [6.07, 6.45) is 7.79. The third-order valence-corrected chi connectivity index (χ3v) is 3.96. The normalized spacial score (nSPS) is 11.2. The van der Waals surface area contributed by atoms with Crippen LogP contribution in [0.4, 0.5) is 5.69 Å². The minimum atomic E-state index is -0.0850. The van der Waals surface area contributed by atoms with Crippen molar-refractivity contribution in [2.45, 2.75) is 20.3 Å². The van der Waals surface area contributed by atoms with Crippen molar-refractivity contribution < 1.29 is 14.6 Å². The molecule has 0 bridgehead atoms. The Morgan fingerprint density at radius 2 is 1.96 bits per heavy atom. The summed E-state index contributed by atoms with van der Waals surface area (Å²) in [6.45, 7) is 4.30. The maximum atomic E-state index is 12.4. The van der Waals surface area contributed by atoms with Gasteiger partial charge in [-0.2, -0.15) is 0 Å². The third kappa shape index (κ3) is 4.99. The Kier molecular flexibility index (Phi) is 7.03. The molecule has 2 aromatic rings. The van der Waals surface area contributed by atoms with Crippen molar-refractivity contribution in [1.82, 2.24) is 0 Å². The van der Waals surface area contributed by atoms with E-state index in [1.165, 1.54) is 6.08 Å². The predicted octanol–water partition coefficient (Wildman–Crippen LogP) is 4.85. The minimum Gasteiger partial charge on any atom is -0.508 e. The van der Waals surface area contributed by atoms with Crippen LogP contribution in [0.15, 0.2) is 54.6 Å². The van der Waals surface area contributed by atoms with Gasteiger partial charge >= 0.3 is 0 Å². The molecule has 0 atom stereocenters. The molecule has 0 unspecified atom stereocenters. The van der Waals surface area contributed by atoms with E-state index >= 15 is 0 Å². The van der Waals surface area contributed by atoms with Gasteiger partial charge in [0, 0.05) is 29.9 Å². The Bertz CT molecular complexity index is 805. The molecule has 136 valence electrons. The van der Waals surface area contributed by atoms with Crippen molar-refractivity contribution in [3.05, 3.63) is 71.3 Å². The molecule has 0 fully saturated rings. The SMILES string of the molecule is C/C=C/Cc1cc(/C=C/C(=O)c2ccc(NC)cc2)c(OCC)cc1O. The Labute approximate surface area is 154 Å². The number of hydrogen-bond acceptors (Lipinski definition) is 4. The van der Waals surface area contributed by atoms with Gasteiger partial charge in [0.25, 0.3) is 0 Å². The molecule has 4 heteroatoms. The monoisotopic (exact) mass is 351 g/mol. The molecule has 0 aliphatic rings. The van der Waals surface area contributed by atoms with Crippen LogP contribution in [0.5, 0.6) is 11.5 Å². The molecule has 0 saturated carbocycles. The molecule has 0 amide bonds. The highest BCUT2D eigenvalue weighted by molar-refractivity contribution is 6.07. The summed E-state index contributed by atoms with van der Waals surface area (Å²) in [7, 11) is 1.84. The van der Waals surface area contributed by atoms with Gasteiger partial charge in [-0.05, 0) is 68.3 Å². The van der Waals surface area contributed by atoms with Crippen LogP contribution < -0.4 is 10.1 Å². The molecule has 0 aliphatic heterocycles. The van der Waals surface area contributed by atoms with Gasteiger partial charge in [-0.15, -0.1) is 0 Å². The molecule has 26 heavy (non-hydrogen) atoms. The molecule has 0 radical (unpaired) electrons. The Hall–Kier alpha value is -3.01. The molecule has 0 spiro atoms. The van der Waals surface area contributed by atoms with Gasteiger partial charge in [-0.1, -0.05) is 12.2 Å². The number of hydrogen-bond donors (Lipinski definition) is 2. The van der Waals surface area contributed by atoms with Gasteiger partial charge in [0.15, 0.2) is 5.78 Å². The number of ketones is 1. The van der Waals surface area contributed by atoms with Gasteiger partial charge in [0.1, 0.15) is 11.5 Å². The van der Waals surface area contributed by atoms with E-state index in [0.29, 0.717) is 24.3 Å². The van der Waals surface area contributed by atoms with Gasteiger partial charge in [-0.25, -0.2) is 0 Å². The van der Waals surface area contributed by atoms with Crippen LogP contribution in [0.3, 0.4) is 0 Å². The second-order valence-electron chi connectivity index (χ2n) is 5.75. The number of allylic oxidation sites excluding steroid dienone is 3. The van der Waals surface area contributed by atoms with E-state index in [4.69, 9.17) is 4.74 Å². The molecule has 2 rings (SSSR count). The number of nitrogens with one attached hydrogen (secondary N) is 1. The molecule has 0 aliphatic carbocycles. The van der Waals surface area contributed by atoms with E-state index in [1.54, 1.807) is 24.3 Å². The average Bonchev–Trinajstić information content (AvgIpc) is 2.66. The third-order valence-electron chi connectivity index (χ3n) is 3.96. The smallest absolute Gasteiger partial charge is 0.185 e. The summed E-state index contributed by atoms with van der Waals surface area (Å²) in [5.41, 5.74) is 3.13. The summed E-state index contributed by atoms with van der Waals surface area (Å²) in [5.74, 6) is 0.666. The largest absolute Gasteiger partial charge is 0.508 e. The van der Waals surface area contributed by atoms with Crippen LogP contribution in [-0.4, -0.2) is 24.5 Å². The van der Waals surface area contributed by atoms with Crippen molar-refractivity contribution in [2.75, 3.05) is 19.0 Å². The number of ether oxygens (including phenoxy) is 1. The highest BCUT2D eigenvalue weighted by atomic mass is 16.5. The standard InChI is InChI=1S/C22H25NO3/c1-4-6-7-17-14-18(22(26-5-2)15-21(17)25)10-13-20(24)16-8-11-19(23-3)12-9-16/h4,6,8-15,23,25H,5,7H2,1-3H3/b6-4+,13-10+. The average molecular weight is 351 g/mol. The first kappa shape index (κ1) is 19.3. The van der Waals surface area contributed by atoms with E-state index < -0.39 is 0 Å². The maximum Gasteiger partial charge on any atom is 0.185 e. The highest BCUT2D eigenvalue weighted by Crippen LogP contribution is 2.30. The number of carbonyl (C=O) groups excluding carboxylic acids is 1. The van der Waals surface area contributed by atoms with Crippen LogP contribution in [-0.2, 0) is 6.42 Å². The second-order valence-corrected chi connectivity index (χ2v) is 5.75. The van der Waals surface area contributed by atoms with Gasteiger partial charge < -0.3 is 15.2 Å². The van der Waals surface area contributed by atoms with Crippen LogP contribution in [0, 0.1) is 0 Å². The number of benzene rings is 2. The van der Waals surface area contributed by atoms with Gasteiger partial charge in [-0.3, -0.25) is 4.79 Å². The summed E-state index contributed by atoms with van der Waals surface area (Å²) in [5, 5.41) is 13.2. The first-order valence-electron chi connectivity index (χ1n) is 8.69. The number of phenols is 1. The number of aromatic hydroxyl groups is 1. The first-order valence-corrected chi connectivity index (χ1v) is 8.69. The summed E-state index contributed by atoms with van der Waals surface area (Å²) < 4.78 is 5.60. The lowest BCUT2D eigenvalue weighted by Gasteiger charge is -2.11. The zero-order chi connectivity index (χ0) is 18.9. The zero-order valence-electron chi connectivity index (χ0n) is 15.5. The molecule has 2 aromatic carbocycles. The van der Waals surface area contributed by atoms with Crippen molar-refractivity contribution in [1.29, 1.82) is 0 Å². The van der Waals surface area contributed by atoms with Gasteiger partial charge in [0.05, 0.1) is 6.61 Å². The minimum absolute atomic E-state index is 0.0850. The van der Waals surface area contributed by atoms with Crippen LogP contribution in [0.25, 0.3) is 6.08 Å². The molecule has 0 saturated heterocycles. The van der Waals surface area contributed by atoms with Crippen molar-refractivity contribution in [3.8, 4) is 11.5 Å². The predicted molar refractivity (Wildman–Crippen MR) is 107 cm³/mol. The number of phenolic OH excluding ortho intramolecular Hbond substituents is 1. The van der Waals surface area contributed by atoms with E-state index in [1.807, 2.05) is 51.2 Å². The molecule has 0 heterocycles. The van der Waals surface area contributed by atoms with Crippen LogP contribution in [0.2, 0.25) is 0 Å². The summed E-state index contributed by atoms with van der Waals surface area (Å²) >= 11 is 0. The van der Waals surface area contributed by atoms with E-state index in [2.05, 4.69) is 5.32 Å². The lowest BCUT2D eigenvalue weighted by Crippen LogP contribution is -1.97. The Morgan fingerprint density at radius 1 is 1.23 bits per heavy atom. The van der Waals surface area contributed by atoms with Crippen molar-refractivity contribution in [3.63, 3.8) is 0 Å². The molecular weight excluding hydrogens is 326 g/mol. The van der Waals surface area contributed by atoms with E-state index in [0.717, 1.165) is 16.8 Å². The molecular formula is C22H25NO3. The van der Waals surface area contributed by atoms with Crippen molar-refractivity contribution in [2.24, 2.45) is 0 Å². The Balaban J connectivity index is 2.29. The fourth-order valence-electron chi connectivity index (χ4n) is 2.51. The number of anilines is 1. The van der Waals surface area contributed by atoms with E-state index in [9.17, 15) is 9.90 Å². The maximum absolute atomic E-state index is 12.4. The fourth-order valence-corrected chi connectivity index (χ4v) is 2.51.